The van der Waals surface area contributed by atoms with E-state index in [9.17, 15) is 18.0 Å². The zero-order valence-corrected chi connectivity index (χ0v) is 10.0. The van der Waals surface area contributed by atoms with Crippen LogP contribution in [0.5, 0.6) is 0 Å². The summed E-state index contributed by atoms with van der Waals surface area (Å²) in [6.07, 6.45) is 1.18. The van der Waals surface area contributed by atoms with Gasteiger partial charge in [-0.25, -0.2) is 0 Å². The Morgan fingerprint density at radius 1 is 1.25 bits per heavy atom. The number of halogens is 3. The van der Waals surface area contributed by atoms with E-state index < -0.39 is 5.51 Å². The van der Waals surface area contributed by atoms with Crippen LogP contribution in [-0.4, -0.2) is 36.8 Å². The third-order valence-electron chi connectivity index (χ3n) is 1.65. The van der Waals surface area contributed by atoms with Gasteiger partial charge in [0.1, 0.15) is 0 Å². The molecule has 0 unspecified atom stereocenters. The fourth-order valence-corrected chi connectivity index (χ4v) is 1.40. The Morgan fingerprint density at radius 2 is 1.94 bits per heavy atom. The summed E-state index contributed by atoms with van der Waals surface area (Å²) in [5.74, 6) is -0.0992. The molecule has 0 aliphatic rings. The molecule has 0 saturated heterocycles. The zero-order valence-electron chi connectivity index (χ0n) is 9.19. The van der Waals surface area contributed by atoms with Gasteiger partial charge in [-0.05, 0) is 18.2 Å². The normalized spacial score (nSPS) is 11.5. The average Bonchev–Trinajstić information content (AvgIpc) is 2.18. The van der Waals surface area contributed by atoms with E-state index in [1.165, 1.54) is 0 Å². The van der Waals surface area contributed by atoms with Crippen LogP contribution in [0.15, 0.2) is 0 Å². The van der Waals surface area contributed by atoms with Crippen LogP contribution >= 0.6 is 11.8 Å². The smallest absolute Gasteiger partial charge is 0.356 e. The molecule has 0 rings (SSSR count). The molecule has 0 bridgehead atoms. The van der Waals surface area contributed by atoms with Crippen molar-refractivity contribution in [2.75, 3.05) is 25.4 Å². The van der Waals surface area contributed by atoms with Crippen molar-refractivity contribution in [2.45, 2.75) is 25.3 Å². The highest BCUT2D eigenvalue weighted by Crippen LogP contribution is 2.29. The lowest BCUT2D eigenvalue weighted by Crippen LogP contribution is -2.29. The zero-order chi connectivity index (χ0) is 12.4. The summed E-state index contributed by atoms with van der Waals surface area (Å²) in [4.78, 5) is 11.1. The van der Waals surface area contributed by atoms with Gasteiger partial charge in [-0.1, -0.05) is 6.92 Å². The van der Waals surface area contributed by atoms with E-state index in [1.807, 2.05) is 6.92 Å². The predicted octanol–water partition coefficient (Wildman–Crippen LogP) is 1.75. The van der Waals surface area contributed by atoms with Gasteiger partial charge in [0.25, 0.3) is 0 Å². The van der Waals surface area contributed by atoms with Gasteiger partial charge in [0, 0.05) is 31.8 Å². The Morgan fingerprint density at radius 3 is 2.50 bits per heavy atom. The molecule has 3 nitrogen and oxygen atoms in total. The summed E-state index contributed by atoms with van der Waals surface area (Å²) in [5, 5.41) is 5.47. The number of carbonyl (C=O) groups is 1. The molecule has 96 valence electrons. The Balaban J connectivity index is 3.24. The first kappa shape index (κ1) is 15.6. The topological polar surface area (TPSA) is 41.1 Å². The number of carbonyl (C=O) groups excluding carboxylic acids is 1. The van der Waals surface area contributed by atoms with E-state index in [0.29, 0.717) is 19.5 Å². The molecule has 0 aliphatic heterocycles. The minimum absolute atomic E-state index is 0.0277. The Labute approximate surface area is 97.5 Å². The van der Waals surface area contributed by atoms with Gasteiger partial charge >= 0.3 is 5.51 Å². The Kier molecular flexibility index (Phi) is 8.46. The molecule has 7 heteroatoms. The number of amides is 1. The molecule has 1 amide bonds. The average molecular weight is 258 g/mol. The number of rotatable bonds is 8. The Hall–Kier alpha value is -0.430. The first-order valence-electron chi connectivity index (χ1n) is 5.14. The van der Waals surface area contributed by atoms with Crippen molar-refractivity contribution in [1.82, 2.24) is 10.6 Å². The minimum Gasteiger partial charge on any atom is -0.356 e. The third-order valence-corrected chi connectivity index (χ3v) is 2.38. The largest absolute Gasteiger partial charge is 0.441 e. The van der Waals surface area contributed by atoms with Gasteiger partial charge < -0.3 is 10.6 Å². The summed E-state index contributed by atoms with van der Waals surface area (Å²) in [7, 11) is 0. The monoisotopic (exact) mass is 258 g/mol. The maximum atomic E-state index is 11.7. The maximum Gasteiger partial charge on any atom is 0.441 e. The molecule has 0 aromatic heterocycles. The van der Waals surface area contributed by atoms with Gasteiger partial charge in [0.05, 0.1) is 0 Å². The summed E-state index contributed by atoms with van der Waals surface area (Å²) < 4.78 is 35.1. The highest BCUT2D eigenvalue weighted by Gasteiger charge is 2.27. The molecule has 16 heavy (non-hydrogen) atoms. The van der Waals surface area contributed by atoms with Gasteiger partial charge in [0.2, 0.25) is 5.91 Å². The SMILES string of the molecule is CCCNC(=O)CCNCCSC(F)(F)F. The lowest BCUT2D eigenvalue weighted by molar-refractivity contribution is -0.120. The molecule has 0 spiro atoms. The van der Waals surface area contributed by atoms with E-state index >= 15 is 0 Å². The molecule has 0 saturated carbocycles. The van der Waals surface area contributed by atoms with Crippen LogP contribution in [0.1, 0.15) is 19.8 Å². The summed E-state index contributed by atoms with van der Waals surface area (Å²) in [6.45, 7) is 3.26. The number of thioether (sulfide) groups is 1. The Bertz CT molecular complexity index is 200. The van der Waals surface area contributed by atoms with Crippen LogP contribution < -0.4 is 10.6 Å². The van der Waals surface area contributed by atoms with Crippen molar-refractivity contribution in [1.29, 1.82) is 0 Å². The summed E-state index contributed by atoms with van der Waals surface area (Å²) in [5.41, 5.74) is -4.17. The van der Waals surface area contributed by atoms with Gasteiger partial charge in [-0.3, -0.25) is 4.79 Å². The van der Waals surface area contributed by atoms with E-state index in [1.54, 1.807) is 0 Å². The predicted molar refractivity (Wildman–Crippen MR) is 59.3 cm³/mol. The van der Waals surface area contributed by atoms with Crippen molar-refractivity contribution in [2.24, 2.45) is 0 Å². The maximum absolute atomic E-state index is 11.7. The number of hydrogen-bond donors (Lipinski definition) is 2. The molecule has 0 aliphatic carbocycles. The van der Waals surface area contributed by atoms with Crippen LogP contribution in [0, 0.1) is 0 Å². The van der Waals surface area contributed by atoms with Gasteiger partial charge in [0.15, 0.2) is 0 Å². The van der Waals surface area contributed by atoms with Crippen molar-refractivity contribution in [3.8, 4) is 0 Å². The summed E-state index contributed by atoms with van der Waals surface area (Å²) in [6, 6.07) is 0. The second kappa shape index (κ2) is 8.69. The fourth-order valence-electron chi connectivity index (χ4n) is 0.919. The lowest BCUT2D eigenvalue weighted by Gasteiger charge is -2.07. The molecule has 0 radical (unpaired) electrons. The van der Waals surface area contributed by atoms with E-state index in [2.05, 4.69) is 10.6 Å². The van der Waals surface area contributed by atoms with Crippen LogP contribution in [0.25, 0.3) is 0 Å². The van der Waals surface area contributed by atoms with Gasteiger partial charge in [-0.15, -0.1) is 0 Å². The summed E-state index contributed by atoms with van der Waals surface area (Å²) >= 11 is -0.0568. The second-order valence-corrected chi connectivity index (χ2v) is 4.30. The lowest BCUT2D eigenvalue weighted by atomic mass is 10.4. The van der Waals surface area contributed by atoms with Crippen LogP contribution in [0.3, 0.4) is 0 Å². The number of alkyl halides is 3. The van der Waals surface area contributed by atoms with E-state index in [-0.39, 0.29) is 30.0 Å². The highest BCUT2D eigenvalue weighted by molar-refractivity contribution is 8.00. The van der Waals surface area contributed by atoms with Crippen molar-refractivity contribution in [3.63, 3.8) is 0 Å². The molecule has 0 aromatic carbocycles. The van der Waals surface area contributed by atoms with Crippen molar-refractivity contribution >= 4 is 17.7 Å². The van der Waals surface area contributed by atoms with Crippen LogP contribution in [-0.2, 0) is 4.79 Å². The molecule has 0 atom stereocenters. The second-order valence-electron chi connectivity index (χ2n) is 3.14. The number of nitrogens with one attached hydrogen (secondary N) is 2. The first-order valence-corrected chi connectivity index (χ1v) is 6.12. The first-order chi connectivity index (χ1) is 7.45. The van der Waals surface area contributed by atoms with Crippen molar-refractivity contribution < 1.29 is 18.0 Å². The number of hydrogen-bond acceptors (Lipinski definition) is 3. The van der Waals surface area contributed by atoms with E-state index in [0.717, 1.165) is 6.42 Å². The highest BCUT2D eigenvalue weighted by atomic mass is 32.2. The standard InChI is InChI=1S/C9H17F3N2OS/c1-2-4-14-8(15)3-5-13-6-7-16-9(10,11)12/h13H,2-7H2,1H3,(H,14,15). The molecule has 0 fully saturated rings. The molecular formula is C9H17F3N2OS. The fraction of sp³-hybridized carbons (Fsp3) is 0.889. The third kappa shape index (κ3) is 11.6. The quantitative estimate of drug-likeness (QED) is 0.652. The molecule has 2 N–H and O–H groups in total. The molecule has 0 aromatic rings. The molecular weight excluding hydrogens is 241 g/mol. The van der Waals surface area contributed by atoms with Gasteiger partial charge in [-0.2, -0.15) is 13.2 Å². The van der Waals surface area contributed by atoms with Crippen molar-refractivity contribution in [3.05, 3.63) is 0 Å². The van der Waals surface area contributed by atoms with Crippen LogP contribution in [0.2, 0.25) is 0 Å². The van der Waals surface area contributed by atoms with Crippen LogP contribution in [0.4, 0.5) is 13.2 Å². The molecule has 0 heterocycles. The minimum atomic E-state index is -4.17. The van der Waals surface area contributed by atoms with E-state index in [4.69, 9.17) is 0 Å².